The fourth-order valence-corrected chi connectivity index (χ4v) is 1.50. The third-order valence-electron chi connectivity index (χ3n) is 2.24. The lowest BCUT2D eigenvalue weighted by Crippen LogP contribution is -2.09. The number of ether oxygens (including phenoxy) is 1. The molecule has 1 amide bonds. The number of hydrogen-bond donors (Lipinski definition) is 2. The molecule has 0 aliphatic carbocycles. The summed E-state index contributed by atoms with van der Waals surface area (Å²) < 4.78 is 5.58. The molecule has 2 aromatic rings. The zero-order chi connectivity index (χ0) is 14.4. The van der Waals surface area contributed by atoms with E-state index < -0.39 is 0 Å². The van der Waals surface area contributed by atoms with Crippen LogP contribution in [0.2, 0.25) is 0 Å². The first-order chi connectivity index (χ1) is 9.63. The van der Waals surface area contributed by atoms with Crippen molar-refractivity contribution in [2.45, 2.75) is 20.0 Å². The van der Waals surface area contributed by atoms with E-state index in [0.29, 0.717) is 0 Å². The molecule has 0 saturated carbocycles. The topological polar surface area (TPSA) is 92.8 Å². The van der Waals surface area contributed by atoms with Gasteiger partial charge in [0.25, 0.3) is 11.9 Å². The molecular weight excluding hydrogens is 258 g/mol. The zero-order valence-electron chi connectivity index (χ0n) is 11.2. The molecule has 1 heterocycles. The van der Waals surface area contributed by atoms with Gasteiger partial charge in [-0.25, -0.2) is 0 Å². The second-order valence-corrected chi connectivity index (χ2v) is 4.30. The number of benzene rings is 1. The molecule has 1 aromatic carbocycles. The van der Waals surface area contributed by atoms with E-state index in [1.807, 2.05) is 38.1 Å². The maximum atomic E-state index is 11.6. The Hall–Kier alpha value is -2.70. The third kappa shape index (κ3) is 4.20. The molecule has 0 saturated heterocycles. The van der Waals surface area contributed by atoms with E-state index >= 15 is 0 Å². The number of nitrogens with one attached hydrogen (secondary N) is 2. The van der Waals surface area contributed by atoms with Gasteiger partial charge in [-0.15, -0.1) is 5.10 Å². The minimum Gasteiger partial charge on any atom is -0.491 e. The number of aromatic amines is 1. The molecule has 2 rings (SSSR count). The predicted molar refractivity (Wildman–Crippen MR) is 74.0 cm³/mol. The maximum Gasteiger partial charge on any atom is 0.270 e. The highest BCUT2D eigenvalue weighted by atomic mass is 16.5. The molecule has 0 fully saturated rings. The Bertz CT molecular complexity index is 593. The van der Waals surface area contributed by atoms with Crippen LogP contribution < -0.4 is 10.1 Å². The minimum atomic E-state index is -0.332. The molecule has 0 radical (unpaired) electrons. The van der Waals surface area contributed by atoms with Gasteiger partial charge in [0.05, 0.1) is 6.10 Å². The first kappa shape index (κ1) is 13.7. The van der Waals surface area contributed by atoms with Crippen molar-refractivity contribution in [2.75, 3.05) is 5.32 Å². The van der Waals surface area contributed by atoms with Crippen molar-refractivity contribution in [1.29, 1.82) is 0 Å². The normalized spacial score (nSPS) is 10.9. The van der Waals surface area contributed by atoms with Crippen molar-refractivity contribution >= 4 is 17.9 Å². The number of aromatic nitrogens is 4. The summed E-state index contributed by atoms with van der Waals surface area (Å²) in [5.74, 6) is 0.568. The van der Waals surface area contributed by atoms with Gasteiger partial charge in [-0.2, -0.15) is 5.21 Å². The number of hydrogen-bond acceptors (Lipinski definition) is 5. The van der Waals surface area contributed by atoms with Crippen LogP contribution in [0.25, 0.3) is 6.08 Å². The van der Waals surface area contributed by atoms with E-state index in [4.69, 9.17) is 4.74 Å². The quantitative estimate of drug-likeness (QED) is 0.808. The molecule has 0 aliphatic rings. The number of rotatable bonds is 5. The molecule has 0 bridgehead atoms. The summed E-state index contributed by atoms with van der Waals surface area (Å²) in [6.07, 6.45) is 3.18. The van der Waals surface area contributed by atoms with E-state index in [1.165, 1.54) is 6.08 Å². The number of nitrogens with zero attached hydrogens (tertiary/aromatic N) is 3. The summed E-state index contributed by atoms with van der Waals surface area (Å²) in [6.45, 7) is 3.92. The lowest BCUT2D eigenvalue weighted by Gasteiger charge is -2.09. The van der Waals surface area contributed by atoms with Crippen LogP contribution in [0, 0.1) is 0 Å². The third-order valence-corrected chi connectivity index (χ3v) is 2.24. The lowest BCUT2D eigenvalue weighted by atomic mass is 10.2. The molecule has 0 atom stereocenters. The highest BCUT2D eigenvalue weighted by molar-refractivity contribution is 6.00. The van der Waals surface area contributed by atoms with Crippen molar-refractivity contribution in [1.82, 2.24) is 20.6 Å². The highest BCUT2D eigenvalue weighted by Crippen LogP contribution is 2.15. The average molecular weight is 273 g/mol. The van der Waals surface area contributed by atoms with Crippen molar-refractivity contribution in [2.24, 2.45) is 0 Å². The van der Waals surface area contributed by atoms with E-state index in [9.17, 15) is 4.79 Å². The molecule has 0 unspecified atom stereocenters. The van der Waals surface area contributed by atoms with Crippen LogP contribution in [0.3, 0.4) is 0 Å². The molecule has 104 valence electrons. The van der Waals surface area contributed by atoms with Crippen LogP contribution in [-0.4, -0.2) is 32.6 Å². The fraction of sp³-hybridized carbons (Fsp3) is 0.231. The molecule has 0 spiro atoms. The second-order valence-electron chi connectivity index (χ2n) is 4.30. The highest BCUT2D eigenvalue weighted by Gasteiger charge is 2.02. The van der Waals surface area contributed by atoms with Crippen molar-refractivity contribution < 1.29 is 9.53 Å². The zero-order valence-corrected chi connectivity index (χ0v) is 11.2. The van der Waals surface area contributed by atoms with Crippen LogP contribution in [0.5, 0.6) is 5.75 Å². The Balaban J connectivity index is 1.98. The Morgan fingerprint density at radius 2 is 2.30 bits per heavy atom. The average Bonchev–Trinajstić information content (AvgIpc) is 2.89. The Labute approximate surface area is 116 Å². The molecule has 7 nitrogen and oxygen atoms in total. The van der Waals surface area contributed by atoms with Crippen LogP contribution >= 0.6 is 0 Å². The van der Waals surface area contributed by atoms with Crippen LogP contribution in [-0.2, 0) is 4.79 Å². The van der Waals surface area contributed by atoms with Gasteiger partial charge in [0.2, 0.25) is 0 Å². The van der Waals surface area contributed by atoms with Crippen molar-refractivity contribution in [3.63, 3.8) is 0 Å². The number of H-pyrrole nitrogens is 1. The van der Waals surface area contributed by atoms with Crippen molar-refractivity contribution in [3.05, 3.63) is 35.9 Å². The predicted octanol–water partition coefficient (Wildman–Crippen LogP) is 1.64. The van der Waals surface area contributed by atoms with Gasteiger partial charge in [0.1, 0.15) is 5.75 Å². The molecular formula is C13H15N5O2. The van der Waals surface area contributed by atoms with Gasteiger partial charge >= 0.3 is 0 Å². The number of anilines is 1. The van der Waals surface area contributed by atoms with Gasteiger partial charge < -0.3 is 4.74 Å². The van der Waals surface area contributed by atoms with Crippen LogP contribution in [0.1, 0.15) is 19.4 Å². The molecule has 2 N–H and O–H groups in total. The van der Waals surface area contributed by atoms with Gasteiger partial charge in [-0.05, 0) is 42.8 Å². The van der Waals surface area contributed by atoms with Gasteiger partial charge in [-0.3, -0.25) is 10.1 Å². The molecule has 1 aromatic heterocycles. The summed E-state index contributed by atoms with van der Waals surface area (Å²) in [7, 11) is 0. The second kappa shape index (κ2) is 6.46. The minimum absolute atomic E-state index is 0.107. The number of amides is 1. The number of carbonyl (C=O) groups is 1. The Morgan fingerprint density at radius 1 is 1.45 bits per heavy atom. The van der Waals surface area contributed by atoms with E-state index in [0.717, 1.165) is 11.3 Å². The fourth-order valence-electron chi connectivity index (χ4n) is 1.50. The Kier molecular flexibility index (Phi) is 4.43. The smallest absolute Gasteiger partial charge is 0.270 e. The molecule has 0 aliphatic heterocycles. The van der Waals surface area contributed by atoms with Gasteiger partial charge in [-0.1, -0.05) is 17.2 Å². The summed E-state index contributed by atoms with van der Waals surface area (Å²) in [5, 5.41) is 15.3. The summed E-state index contributed by atoms with van der Waals surface area (Å²) in [5.41, 5.74) is 0.867. The van der Waals surface area contributed by atoms with E-state index in [-0.39, 0.29) is 18.0 Å². The largest absolute Gasteiger partial charge is 0.491 e. The van der Waals surface area contributed by atoms with Crippen LogP contribution in [0.15, 0.2) is 30.3 Å². The lowest BCUT2D eigenvalue weighted by molar-refractivity contribution is -0.111. The van der Waals surface area contributed by atoms with Gasteiger partial charge in [0.15, 0.2) is 0 Å². The molecule has 7 heteroatoms. The first-order valence-electron chi connectivity index (χ1n) is 6.13. The summed E-state index contributed by atoms with van der Waals surface area (Å²) >= 11 is 0. The van der Waals surface area contributed by atoms with Gasteiger partial charge in [0, 0.05) is 6.08 Å². The summed E-state index contributed by atoms with van der Waals surface area (Å²) in [4.78, 5) is 11.6. The maximum absolute atomic E-state index is 11.6. The Morgan fingerprint density at radius 3 is 3.00 bits per heavy atom. The summed E-state index contributed by atoms with van der Waals surface area (Å²) in [6, 6.07) is 7.48. The molecule has 20 heavy (non-hydrogen) atoms. The first-order valence-corrected chi connectivity index (χ1v) is 6.13. The number of carbonyl (C=O) groups excluding carboxylic acids is 1. The monoisotopic (exact) mass is 273 g/mol. The van der Waals surface area contributed by atoms with Crippen molar-refractivity contribution in [3.8, 4) is 5.75 Å². The standard InChI is InChI=1S/C13H15N5O2/c1-9(2)20-11-5-3-4-10(8-11)6-7-12(19)14-13-15-17-18-16-13/h3-9H,1-2H3,(H2,14,15,16,17,18,19)/b7-6+. The SMILES string of the molecule is CC(C)Oc1cccc(/C=C/C(=O)Nc2nn[nH]n2)c1. The van der Waals surface area contributed by atoms with E-state index in [2.05, 4.69) is 25.9 Å². The number of tetrazole rings is 1. The van der Waals surface area contributed by atoms with E-state index in [1.54, 1.807) is 6.08 Å². The van der Waals surface area contributed by atoms with Crippen LogP contribution in [0.4, 0.5) is 5.95 Å².